The number of aromatic nitrogens is 6. The molecule has 33 heteroatoms. The summed E-state index contributed by atoms with van der Waals surface area (Å²) in [6.45, 7) is 21.5. The van der Waals surface area contributed by atoms with Crippen LogP contribution in [0.25, 0.3) is 0 Å². The van der Waals surface area contributed by atoms with E-state index in [0.717, 1.165) is 6.08 Å². The molecule has 0 saturated carbocycles. The van der Waals surface area contributed by atoms with E-state index in [9.17, 15) is 45.5 Å². The van der Waals surface area contributed by atoms with E-state index in [4.69, 9.17) is 36.3 Å². The summed E-state index contributed by atoms with van der Waals surface area (Å²) < 4.78 is 102. The van der Waals surface area contributed by atoms with Crippen LogP contribution < -0.4 is 51.6 Å². The number of piperazine rings is 2. The molecule has 2 aliphatic heterocycles. The van der Waals surface area contributed by atoms with Crippen LogP contribution in [0.2, 0.25) is 5.15 Å². The lowest BCUT2D eigenvalue weighted by atomic mass is 10.2. The van der Waals surface area contributed by atoms with Gasteiger partial charge >= 0.3 is 24.5 Å². The highest BCUT2D eigenvalue weighted by atomic mass is 128. The third-order valence-electron chi connectivity index (χ3n) is 12.1. The maximum absolute atomic E-state index is 13.8. The van der Waals surface area contributed by atoms with E-state index in [1.165, 1.54) is 32.4 Å². The highest BCUT2D eigenvalue weighted by Gasteiger charge is 2.37. The Kier molecular flexibility index (Phi) is 28.4. The summed E-state index contributed by atoms with van der Waals surface area (Å²) >= 11 is 9.89. The number of nitrogens with zero attached hydrogens (tertiary/aromatic N) is 10. The van der Waals surface area contributed by atoms with Gasteiger partial charge in [-0.1, -0.05) is 44.3 Å². The standard InChI is InChI=1S/C29H33F3N8O4.C20H24ClF3N6O3.C9H10N2O.CH4.I2/c1-6-23(41)34-18-8-7-9-19(16-18)35-24-20(29(30,31)32)17-33-26(38-24)36-21-10-11-22(37-25(21)43-5)39-12-14-40(15-13-39)27(42)44-28(2,3)4;1-19(2,3)33-18(31)30-9-7-29(8-10-30)14-6-5-13(16(27-14)32-4)26-17-25-11-12(15(21)28-17)20(22,23)24;1-2-9(12)11-8-5-3-4-7(10)6-8;;1-2/h6-11,16-17H,1,12-15H2,2-5H3,(H,34,41)(H2,33,35,36,38);5-6,11H,7-10H2,1-4H3,(H,25,26,28);2-6H,1,10H2,(H,11,12);1H4;. The smallest absolute Gasteiger partial charge is 0.421 e. The Labute approximate surface area is 556 Å². The fourth-order valence-corrected chi connectivity index (χ4v) is 8.25. The molecule has 7 N–H and O–H groups in total. The number of ether oxygens (including phenoxy) is 4. The van der Waals surface area contributed by atoms with Gasteiger partial charge in [0.1, 0.15) is 56.3 Å². The van der Waals surface area contributed by atoms with Gasteiger partial charge < -0.3 is 70.9 Å². The molecule has 2 aliphatic rings. The van der Waals surface area contributed by atoms with Crippen LogP contribution in [-0.4, -0.2) is 141 Å². The minimum Gasteiger partial charge on any atom is -0.479 e. The molecule has 0 unspecified atom stereocenters. The molecule has 0 atom stereocenters. The summed E-state index contributed by atoms with van der Waals surface area (Å²) in [6.07, 6.45) is -6.57. The van der Waals surface area contributed by atoms with Crippen LogP contribution in [-0.2, 0) is 31.4 Å². The lowest BCUT2D eigenvalue weighted by molar-refractivity contribution is -0.138. The number of halogens is 9. The number of nitrogens with one attached hydrogen (secondary N) is 5. The van der Waals surface area contributed by atoms with Crippen molar-refractivity contribution in [1.82, 2.24) is 39.7 Å². The number of hydrogen-bond acceptors (Lipinski definition) is 20. The van der Waals surface area contributed by atoms with Crippen LogP contribution in [0.3, 0.4) is 0 Å². The minimum atomic E-state index is -4.75. The van der Waals surface area contributed by atoms with Crippen molar-refractivity contribution in [2.75, 3.05) is 109 Å². The number of hydrogen-bond donors (Lipinski definition) is 6. The Morgan fingerprint density at radius 1 is 0.576 bits per heavy atom. The van der Waals surface area contributed by atoms with Crippen LogP contribution >= 0.6 is 48.8 Å². The lowest BCUT2D eigenvalue weighted by Gasteiger charge is -2.36. The maximum Gasteiger partial charge on any atom is 0.421 e. The molecule has 0 spiro atoms. The summed E-state index contributed by atoms with van der Waals surface area (Å²) in [5, 5.41) is 12.7. The number of rotatable bonds is 14. The predicted octanol–water partition coefficient (Wildman–Crippen LogP) is 13.7. The first-order valence-corrected chi connectivity index (χ1v) is 33.9. The van der Waals surface area contributed by atoms with Gasteiger partial charge in [-0.15, -0.1) is 0 Å². The average Bonchev–Trinajstić information content (AvgIpc) is 0.866. The summed E-state index contributed by atoms with van der Waals surface area (Å²) in [4.78, 5) is 78.6. The number of alkyl halides is 6. The number of benzene rings is 2. The first kappa shape index (κ1) is 76.0. The molecular weight excluding hydrogens is 1460 g/mol. The number of pyridine rings is 2. The van der Waals surface area contributed by atoms with E-state index in [1.54, 1.807) is 70.5 Å². The van der Waals surface area contributed by atoms with E-state index < -0.39 is 51.6 Å². The number of nitrogen functional groups attached to an aromatic ring is 1. The van der Waals surface area contributed by atoms with Crippen molar-refractivity contribution >= 4 is 136 Å². The minimum absolute atomic E-state index is 0. The number of carbonyl (C=O) groups excluding carboxylic acids is 4. The topological polar surface area (TPSA) is 282 Å². The molecule has 92 heavy (non-hydrogen) atoms. The van der Waals surface area contributed by atoms with Crippen molar-refractivity contribution < 1.29 is 64.5 Å². The molecule has 2 saturated heterocycles. The van der Waals surface area contributed by atoms with Crippen molar-refractivity contribution in [2.45, 2.75) is 72.5 Å². The Morgan fingerprint density at radius 2 is 0.978 bits per heavy atom. The molecule has 6 heterocycles. The van der Waals surface area contributed by atoms with Crippen LogP contribution in [0.5, 0.6) is 11.8 Å². The summed E-state index contributed by atoms with van der Waals surface area (Å²) in [5.74, 6) is 0.0881. The first-order chi connectivity index (χ1) is 42.8. The summed E-state index contributed by atoms with van der Waals surface area (Å²) in [6, 6.07) is 19.8. The van der Waals surface area contributed by atoms with E-state index >= 15 is 0 Å². The molecule has 0 radical (unpaired) electrons. The largest absolute Gasteiger partial charge is 0.479 e. The number of amides is 4. The molecule has 0 bridgehead atoms. The van der Waals surface area contributed by atoms with Crippen LogP contribution in [0.4, 0.5) is 99.4 Å². The van der Waals surface area contributed by atoms with Crippen molar-refractivity contribution in [1.29, 1.82) is 0 Å². The molecule has 498 valence electrons. The fraction of sp³-hybridized carbons (Fsp3) is 0.356. The van der Waals surface area contributed by atoms with Crippen molar-refractivity contribution in [3.8, 4) is 11.8 Å². The van der Waals surface area contributed by atoms with E-state index in [-0.39, 0.29) is 54.9 Å². The summed E-state index contributed by atoms with van der Waals surface area (Å²) in [7, 11) is 2.83. The first-order valence-electron chi connectivity index (χ1n) is 27.2. The molecule has 24 nitrogen and oxygen atoms in total. The lowest BCUT2D eigenvalue weighted by Crippen LogP contribution is -2.50. The van der Waals surface area contributed by atoms with E-state index in [2.05, 4.69) is 107 Å². The van der Waals surface area contributed by atoms with Gasteiger partial charge in [-0.2, -0.15) is 41.3 Å². The normalized spacial score (nSPS) is 13.1. The number of carbonyl (C=O) groups is 4. The van der Waals surface area contributed by atoms with Gasteiger partial charge in [0.05, 0.1) is 14.2 Å². The van der Waals surface area contributed by atoms with Crippen LogP contribution in [0, 0.1) is 0 Å². The van der Waals surface area contributed by atoms with Gasteiger partial charge in [0.2, 0.25) is 35.5 Å². The predicted molar refractivity (Wildman–Crippen MR) is 360 cm³/mol. The number of anilines is 11. The molecule has 8 rings (SSSR count). The summed E-state index contributed by atoms with van der Waals surface area (Å²) in [5.41, 5.74) is 4.71. The second-order valence-corrected chi connectivity index (χ2v) is 21.5. The van der Waals surface area contributed by atoms with Crippen LogP contribution in [0.15, 0.2) is 111 Å². The Hall–Kier alpha value is -8.41. The molecule has 6 aromatic rings. The molecule has 2 fully saturated rings. The zero-order valence-electron chi connectivity index (χ0n) is 50.5. The zero-order chi connectivity index (χ0) is 67.4. The molecule has 0 aliphatic carbocycles. The third-order valence-corrected chi connectivity index (χ3v) is 12.4. The van der Waals surface area contributed by atoms with Crippen LogP contribution in [0.1, 0.15) is 60.1 Å². The Morgan fingerprint density at radius 3 is 1.37 bits per heavy atom. The molecule has 4 aromatic heterocycles. The van der Waals surface area contributed by atoms with Gasteiger partial charge in [0.15, 0.2) is 0 Å². The number of nitrogens with two attached hydrogens (primary N) is 1. The highest BCUT2D eigenvalue weighted by molar-refractivity contribution is 15.0. The third kappa shape index (κ3) is 23.7. The Balaban J connectivity index is 0.000000329. The zero-order valence-corrected chi connectivity index (χ0v) is 55.6. The second-order valence-electron chi connectivity index (χ2n) is 21.2. The Bertz CT molecular complexity index is 3500. The molecule has 4 amide bonds. The van der Waals surface area contributed by atoms with Gasteiger partial charge in [-0.25, -0.2) is 24.5 Å². The fourth-order valence-electron chi connectivity index (χ4n) is 8.02. The van der Waals surface area contributed by atoms with Crippen molar-refractivity contribution in [3.63, 3.8) is 0 Å². The number of methoxy groups -OCH3 is 2. The van der Waals surface area contributed by atoms with Gasteiger partial charge in [-0.05, 0) is 114 Å². The van der Waals surface area contributed by atoms with E-state index in [0.29, 0.717) is 105 Å². The van der Waals surface area contributed by atoms with E-state index in [1.807, 2.05) is 51.3 Å². The SMILES string of the molecule is C.C=CC(=O)Nc1cccc(N)c1.C=CC(=O)Nc1cccc(Nc2nc(Nc3ccc(N4CCN(C(=O)OC(C)(C)C)CC4)nc3OC)ncc2C(F)(F)F)c1.COc1nc(N2CCN(C(=O)OC(C)(C)C)CC2)ccc1Nc1ncc(C(F)(F)F)c(Cl)n1.II. The van der Waals surface area contributed by atoms with Crippen molar-refractivity contribution in [2.24, 2.45) is 0 Å². The second kappa shape index (κ2) is 34.3. The van der Waals surface area contributed by atoms with Gasteiger partial charge in [0, 0.05) is 125 Å². The quantitative estimate of drug-likeness (QED) is 0.0194. The average molecular weight is 1540 g/mol. The van der Waals surface area contributed by atoms with Crippen molar-refractivity contribution in [3.05, 3.63) is 127 Å². The molecular formula is C59H71ClF6I2N16O8. The molecule has 2 aromatic carbocycles. The van der Waals surface area contributed by atoms with Gasteiger partial charge in [0.25, 0.3) is 0 Å². The maximum atomic E-state index is 13.8. The monoisotopic (exact) mass is 1530 g/mol. The van der Waals surface area contributed by atoms with Gasteiger partial charge in [-0.3, -0.25) is 9.59 Å². The highest BCUT2D eigenvalue weighted by Crippen LogP contribution is 2.38.